The molecule has 0 unspecified atom stereocenters. The quantitative estimate of drug-likeness (QED) is 0.600. The Morgan fingerprint density at radius 2 is 1.68 bits per heavy atom. The van der Waals surface area contributed by atoms with Crippen molar-refractivity contribution in [3.05, 3.63) is 60.0 Å². The van der Waals surface area contributed by atoms with Gasteiger partial charge < -0.3 is 4.74 Å². The van der Waals surface area contributed by atoms with Gasteiger partial charge in [0.25, 0.3) is 0 Å². The minimum atomic E-state index is -3.48. The maximum Gasteiger partial charge on any atom is 0.243 e. The first-order valence-electron chi connectivity index (χ1n) is 8.84. The van der Waals surface area contributed by atoms with E-state index in [-0.39, 0.29) is 4.90 Å². The molecule has 1 fully saturated rings. The van der Waals surface area contributed by atoms with Crippen molar-refractivity contribution in [3.63, 3.8) is 0 Å². The highest BCUT2D eigenvalue weighted by molar-refractivity contribution is 7.89. The largest absolute Gasteiger partial charge is 0.379 e. The van der Waals surface area contributed by atoms with E-state index in [0.717, 1.165) is 22.1 Å². The van der Waals surface area contributed by atoms with Crippen molar-refractivity contribution in [2.75, 3.05) is 37.2 Å². The molecule has 0 spiro atoms. The summed E-state index contributed by atoms with van der Waals surface area (Å²) in [7, 11) is -3.48. The van der Waals surface area contributed by atoms with Crippen LogP contribution in [0, 0.1) is 0 Å². The number of nitrogens with zero attached hydrogens (tertiary/aromatic N) is 2. The van der Waals surface area contributed by atoms with Crippen molar-refractivity contribution in [1.29, 1.82) is 0 Å². The first-order chi connectivity index (χ1) is 13.6. The van der Waals surface area contributed by atoms with Gasteiger partial charge in [-0.15, -0.1) is 11.3 Å². The minimum absolute atomic E-state index is 0.289. The van der Waals surface area contributed by atoms with E-state index < -0.39 is 10.0 Å². The molecule has 7 nitrogen and oxygen atoms in total. The number of ether oxygens (including phenoxy) is 1. The Hall–Kier alpha value is -2.46. The molecular weight excluding hydrogens is 396 g/mol. The molecule has 9 heteroatoms. The van der Waals surface area contributed by atoms with Gasteiger partial charge in [-0.3, -0.25) is 10.9 Å². The summed E-state index contributed by atoms with van der Waals surface area (Å²) in [6.07, 6.45) is 0. The molecule has 0 bridgehead atoms. The van der Waals surface area contributed by atoms with Crippen LogP contribution in [0.25, 0.3) is 11.3 Å². The summed E-state index contributed by atoms with van der Waals surface area (Å²) in [6, 6.07) is 16.6. The number of morpholine rings is 1. The normalized spacial score (nSPS) is 15.3. The zero-order chi connectivity index (χ0) is 19.4. The lowest BCUT2D eigenvalue weighted by atomic mass is 10.2. The van der Waals surface area contributed by atoms with Gasteiger partial charge in [-0.05, 0) is 24.3 Å². The van der Waals surface area contributed by atoms with E-state index in [2.05, 4.69) is 15.8 Å². The highest BCUT2D eigenvalue weighted by Crippen LogP contribution is 2.27. The topological polar surface area (TPSA) is 83.6 Å². The molecule has 3 aromatic rings. The molecule has 1 aromatic heterocycles. The second-order valence-corrected chi connectivity index (χ2v) is 8.99. The Morgan fingerprint density at radius 1 is 0.964 bits per heavy atom. The summed E-state index contributed by atoms with van der Waals surface area (Å²) in [5.74, 6) is 0. The van der Waals surface area contributed by atoms with E-state index in [9.17, 15) is 8.42 Å². The SMILES string of the molecule is O=S(=O)(c1ccc(-c2csc(NNc3ccccc3)n2)cc1)N1CCOCC1. The fraction of sp³-hybridized carbons (Fsp3) is 0.211. The number of hydrogen-bond acceptors (Lipinski definition) is 7. The van der Waals surface area contributed by atoms with Crippen LogP contribution < -0.4 is 10.9 Å². The average molecular weight is 417 g/mol. The van der Waals surface area contributed by atoms with Crippen molar-refractivity contribution in [3.8, 4) is 11.3 Å². The molecule has 1 aliphatic heterocycles. The number of para-hydroxylation sites is 1. The monoisotopic (exact) mass is 416 g/mol. The van der Waals surface area contributed by atoms with Crippen molar-refractivity contribution < 1.29 is 13.2 Å². The molecule has 2 N–H and O–H groups in total. The van der Waals surface area contributed by atoms with E-state index in [4.69, 9.17) is 4.74 Å². The van der Waals surface area contributed by atoms with Crippen LogP contribution in [0.15, 0.2) is 64.9 Å². The number of thiazole rings is 1. The van der Waals surface area contributed by atoms with Crippen molar-refractivity contribution in [2.45, 2.75) is 4.90 Å². The van der Waals surface area contributed by atoms with Crippen LogP contribution in [0.5, 0.6) is 0 Å². The Bertz CT molecular complexity index is 1010. The predicted octanol–water partition coefficient (Wildman–Crippen LogP) is 3.27. The summed E-state index contributed by atoms with van der Waals surface area (Å²) in [5.41, 5.74) is 8.76. The highest BCUT2D eigenvalue weighted by Gasteiger charge is 2.26. The average Bonchev–Trinajstić information content (AvgIpc) is 3.23. The van der Waals surface area contributed by atoms with E-state index in [0.29, 0.717) is 26.3 Å². The van der Waals surface area contributed by atoms with E-state index in [1.807, 2.05) is 35.7 Å². The van der Waals surface area contributed by atoms with Gasteiger partial charge in [0.2, 0.25) is 15.2 Å². The van der Waals surface area contributed by atoms with Gasteiger partial charge in [-0.2, -0.15) is 4.31 Å². The van der Waals surface area contributed by atoms with Crippen LogP contribution in [0.4, 0.5) is 10.8 Å². The van der Waals surface area contributed by atoms with Crippen molar-refractivity contribution in [2.24, 2.45) is 0 Å². The highest BCUT2D eigenvalue weighted by atomic mass is 32.2. The second kappa shape index (κ2) is 8.27. The maximum absolute atomic E-state index is 12.7. The summed E-state index contributed by atoms with van der Waals surface area (Å²) in [5, 5.41) is 2.66. The van der Waals surface area contributed by atoms with Crippen LogP contribution in [-0.4, -0.2) is 44.0 Å². The maximum atomic E-state index is 12.7. The second-order valence-electron chi connectivity index (χ2n) is 6.19. The standard InChI is InChI=1S/C19H20N4O3S2/c24-28(25,23-10-12-26-13-11-23)17-8-6-15(7-9-17)18-14-27-19(20-18)22-21-16-4-2-1-3-5-16/h1-9,14,21H,10-13H2,(H,20,22). The van der Waals surface area contributed by atoms with Gasteiger partial charge in [0, 0.05) is 24.0 Å². The number of hydrazine groups is 1. The smallest absolute Gasteiger partial charge is 0.243 e. The number of aromatic nitrogens is 1. The Labute approximate surface area is 168 Å². The molecule has 0 amide bonds. The van der Waals surface area contributed by atoms with Gasteiger partial charge >= 0.3 is 0 Å². The number of anilines is 2. The molecule has 0 atom stereocenters. The van der Waals surface area contributed by atoms with Crippen molar-refractivity contribution >= 4 is 32.2 Å². The first kappa shape index (κ1) is 18.9. The third-order valence-corrected chi connectivity index (χ3v) is 7.02. The molecule has 0 aliphatic carbocycles. The van der Waals surface area contributed by atoms with Crippen LogP contribution >= 0.6 is 11.3 Å². The molecule has 1 saturated heterocycles. The van der Waals surface area contributed by atoms with Crippen LogP contribution in [-0.2, 0) is 14.8 Å². The summed E-state index contributed by atoms with van der Waals surface area (Å²) < 4.78 is 32.1. The lowest BCUT2D eigenvalue weighted by Crippen LogP contribution is -2.40. The van der Waals surface area contributed by atoms with E-state index >= 15 is 0 Å². The van der Waals surface area contributed by atoms with Gasteiger partial charge in [0.1, 0.15) is 0 Å². The zero-order valence-electron chi connectivity index (χ0n) is 15.0. The Kier molecular flexibility index (Phi) is 5.58. The molecule has 2 heterocycles. The van der Waals surface area contributed by atoms with Gasteiger partial charge in [-0.25, -0.2) is 13.4 Å². The van der Waals surface area contributed by atoms with Gasteiger partial charge in [-0.1, -0.05) is 30.3 Å². The fourth-order valence-electron chi connectivity index (χ4n) is 2.84. The van der Waals surface area contributed by atoms with Gasteiger partial charge in [0.15, 0.2) is 0 Å². The number of rotatable bonds is 6. The first-order valence-corrected chi connectivity index (χ1v) is 11.2. The molecule has 0 radical (unpaired) electrons. The molecule has 1 aliphatic rings. The van der Waals surface area contributed by atoms with Gasteiger partial charge in [0.05, 0.1) is 29.5 Å². The van der Waals surface area contributed by atoms with Crippen LogP contribution in [0.2, 0.25) is 0 Å². The zero-order valence-corrected chi connectivity index (χ0v) is 16.7. The third kappa shape index (κ3) is 4.17. The Morgan fingerprint density at radius 3 is 2.39 bits per heavy atom. The fourth-order valence-corrected chi connectivity index (χ4v) is 4.93. The van der Waals surface area contributed by atoms with Crippen LogP contribution in [0.3, 0.4) is 0 Å². The number of hydrogen-bond donors (Lipinski definition) is 2. The third-order valence-electron chi connectivity index (χ3n) is 4.35. The molecule has 4 rings (SSSR count). The Balaban J connectivity index is 1.45. The van der Waals surface area contributed by atoms with E-state index in [1.165, 1.54) is 15.6 Å². The number of benzene rings is 2. The lowest BCUT2D eigenvalue weighted by Gasteiger charge is -2.26. The van der Waals surface area contributed by atoms with Crippen LogP contribution in [0.1, 0.15) is 0 Å². The molecule has 146 valence electrons. The molecule has 2 aromatic carbocycles. The number of sulfonamides is 1. The van der Waals surface area contributed by atoms with Crippen molar-refractivity contribution in [1.82, 2.24) is 9.29 Å². The predicted molar refractivity (Wildman–Crippen MR) is 111 cm³/mol. The molecular formula is C19H20N4O3S2. The lowest BCUT2D eigenvalue weighted by molar-refractivity contribution is 0.0730. The summed E-state index contributed by atoms with van der Waals surface area (Å²) >= 11 is 1.47. The molecule has 0 saturated carbocycles. The van der Waals surface area contributed by atoms with E-state index in [1.54, 1.807) is 24.3 Å². The summed E-state index contributed by atoms with van der Waals surface area (Å²) in [4.78, 5) is 4.84. The molecule has 28 heavy (non-hydrogen) atoms. The summed E-state index contributed by atoms with van der Waals surface area (Å²) in [6.45, 7) is 1.64. The number of nitrogens with one attached hydrogen (secondary N) is 2. The minimum Gasteiger partial charge on any atom is -0.379 e.